The number of benzene rings is 2. The molecule has 2 aliphatic rings. The Labute approximate surface area is 200 Å². The second kappa shape index (κ2) is 11.4. The van der Waals surface area contributed by atoms with Gasteiger partial charge in [0.2, 0.25) is 11.8 Å². The van der Waals surface area contributed by atoms with E-state index in [0.717, 1.165) is 31.2 Å². The maximum absolute atomic E-state index is 14.4. The molecule has 1 heterocycles. The summed E-state index contributed by atoms with van der Waals surface area (Å²) in [6.07, 6.45) is 6.02. The van der Waals surface area contributed by atoms with E-state index in [-0.39, 0.29) is 36.6 Å². The van der Waals surface area contributed by atoms with E-state index in [9.17, 15) is 14.0 Å². The minimum absolute atomic E-state index is 0.0475. The summed E-state index contributed by atoms with van der Waals surface area (Å²) < 4.78 is 25.6. The Morgan fingerprint density at radius 2 is 1.79 bits per heavy atom. The number of amides is 2. The molecule has 34 heavy (non-hydrogen) atoms. The molecule has 6 nitrogen and oxygen atoms in total. The van der Waals surface area contributed by atoms with E-state index in [2.05, 4.69) is 5.32 Å². The number of hydrogen-bond acceptors (Lipinski definition) is 4. The van der Waals surface area contributed by atoms with Crippen LogP contribution in [0, 0.1) is 5.82 Å². The topological polar surface area (TPSA) is 67.9 Å². The monoisotopic (exact) mass is 468 g/mol. The first kappa shape index (κ1) is 24.0. The number of carbonyl (C=O) groups is 2. The van der Waals surface area contributed by atoms with Crippen LogP contribution >= 0.6 is 0 Å². The highest BCUT2D eigenvalue weighted by molar-refractivity contribution is 5.87. The molecule has 2 aromatic carbocycles. The van der Waals surface area contributed by atoms with Gasteiger partial charge in [-0.05, 0) is 49.9 Å². The predicted molar refractivity (Wildman–Crippen MR) is 127 cm³/mol. The highest BCUT2D eigenvalue weighted by Crippen LogP contribution is 2.31. The summed E-state index contributed by atoms with van der Waals surface area (Å²) >= 11 is 0. The maximum Gasteiger partial charge on any atom is 0.242 e. The van der Waals surface area contributed by atoms with Crippen LogP contribution in [-0.2, 0) is 22.6 Å². The Hall–Kier alpha value is -3.09. The summed E-state index contributed by atoms with van der Waals surface area (Å²) in [5.74, 6) is 0.627. The Morgan fingerprint density at radius 3 is 2.56 bits per heavy atom. The van der Waals surface area contributed by atoms with Crippen LogP contribution in [0.2, 0.25) is 0 Å². The quantitative estimate of drug-likeness (QED) is 0.624. The van der Waals surface area contributed by atoms with Gasteiger partial charge in [0.1, 0.15) is 25.1 Å². The van der Waals surface area contributed by atoms with Gasteiger partial charge in [-0.3, -0.25) is 9.59 Å². The molecule has 2 amide bonds. The summed E-state index contributed by atoms with van der Waals surface area (Å²) in [6, 6.07) is 11.5. The first-order valence-electron chi connectivity index (χ1n) is 12.2. The van der Waals surface area contributed by atoms with Gasteiger partial charge in [0.05, 0.1) is 0 Å². The molecule has 0 spiro atoms. The highest BCUT2D eigenvalue weighted by atomic mass is 19.1. The number of carbonyl (C=O) groups excluding carboxylic acids is 2. The molecular weight excluding hydrogens is 435 g/mol. The number of ether oxygens (including phenoxy) is 2. The van der Waals surface area contributed by atoms with E-state index in [4.69, 9.17) is 9.47 Å². The van der Waals surface area contributed by atoms with Gasteiger partial charge in [-0.2, -0.15) is 0 Å². The zero-order valence-electron chi connectivity index (χ0n) is 19.7. The average Bonchev–Trinajstić information content (AvgIpc) is 2.87. The minimum Gasteiger partial charge on any atom is -0.486 e. The molecule has 0 bridgehead atoms. The van der Waals surface area contributed by atoms with E-state index < -0.39 is 6.04 Å². The number of hydrogen-bond donors (Lipinski definition) is 1. The van der Waals surface area contributed by atoms with E-state index in [1.54, 1.807) is 25.1 Å². The Bertz CT molecular complexity index is 1010. The van der Waals surface area contributed by atoms with Crippen LogP contribution in [-0.4, -0.2) is 42.0 Å². The third-order valence-corrected chi connectivity index (χ3v) is 6.65. The van der Waals surface area contributed by atoms with Gasteiger partial charge in [0, 0.05) is 24.6 Å². The standard InChI is InChI=1S/C27H33FN2O4/c1-19(27(32)29-22-8-3-2-4-9-22)30(18-21-7-5-6-10-23(21)28)26(31)14-12-20-11-13-24-25(17-20)34-16-15-33-24/h5-7,10-11,13,17,19,22H,2-4,8-9,12,14-16,18H2,1H3,(H,29,32)/t19-/m1/s1. The van der Waals surface area contributed by atoms with Crippen molar-refractivity contribution in [1.82, 2.24) is 10.2 Å². The normalized spacial score (nSPS) is 16.5. The summed E-state index contributed by atoms with van der Waals surface area (Å²) in [7, 11) is 0. The van der Waals surface area contributed by atoms with E-state index in [1.165, 1.54) is 17.4 Å². The molecule has 182 valence electrons. The van der Waals surface area contributed by atoms with Crippen molar-refractivity contribution in [1.29, 1.82) is 0 Å². The fourth-order valence-corrected chi connectivity index (χ4v) is 4.60. The number of fused-ring (bicyclic) bond motifs is 1. The summed E-state index contributed by atoms with van der Waals surface area (Å²) in [4.78, 5) is 27.9. The Balaban J connectivity index is 1.45. The molecule has 1 fully saturated rings. The molecule has 1 saturated carbocycles. The highest BCUT2D eigenvalue weighted by Gasteiger charge is 2.28. The fraction of sp³-hybridized carbons (Fsp3) is 0.481. The second-order valence-corrected chi connectivity index (χ2v) is 9.11. The fourth-order valence-electron chi connectivity index (χ4n) is 4.60. The number of halogens is 1. The van der Waals surface area contributed by atoms with Crippen LogP contribution < -0.4 is 14.8 Å². The smallest absolute Gasteiger partial charge is 0.242 e. The van der Waals surface area contributed by atoms with Crippen molar-refractivity contribution >= 4 is 11.8 Å². The number of aryl methyl sites for hydroxylation is 1. The first-order valence-corrected chi connectivity index (χ1v) is 12.2. The molecule has 1 aliphatic carbocycles. The van der Waals surface area contributed by atoms with Crippen molar-refractivity contribution in [3.05, 3.63) is 59.4 Å². The predicted octanol–water partition coefficient (Wildman–Crippen LogP) is 4.40. The van der Waals surface area contributed by atoms with E-state index in [0.29, 0.717) is 36.7 Å². The van der Waals surface area contributed by atoms with Crippen molar-refractivity contribution < 1.29 is 23.5 Å². The van der Waals surface area contributed by atoms with Gasteiger partial charge in [-0.15, -0.1) is 0 Å². The zero-order chi connectivity index (χ0) is 23.9. The maximum atomic E-state index is 14.4. The SMILES string of the molecule is C[C@H](C(=O)NC1CCCCC1)N(Cc1ccccc1F)C(=O)CCc1ccc2c(c1)OCCO2. The minimum atomic E-state index is -0.700. The molecule has 1 aliphatic heterocycles. The second-order valence-electron chi connectivity index (χ2n) is 9.11. The lowest BCUT2D eigenvalue weighted by atomic mass is 9.95. The van der Waals surface area contributed by atoms with Crippen molar-refractivity contribution in [3.63, 3.8) is 0 Å². The van der Waals surface area contributed by atoms with Crippen LogP contribution in [0.3, 0.4) is 0 Å². The Kier molecular flexibility index (Phi) is 8.03. The van der Waals surface area contributed by atoms with Crippen molar-refractivity contribution in [2.75, 3.05) is 13.2 Å². The molecule has 4 rings (SSSR count). The number of rotatable bonds is 8. The third kappa shape index (κ3) is 6.07. The van der Waals surface area contributed by atoms with Gasteiger partial charge >= 0.3 is 0 Å². The average molecular weight is 469 g/mol. The molecule has 7 heteroatoms. The van der Waals surface area contributed by atoms with Gasteiger partial charge in [-0.1, -0.05) is 43.5 Å². The molecule has 2 aromatic rings. The van der Waals surface area contributed by atoms with Gasteiger partial charge in [-0.25, -0.2) is 4.39 Å². The summed E-state index contributed by atoms with van der Waals surface area (Å²) in [6.45, 7) is 2.79. The molecule has 0 unspecified atom stereocenters. The Morgan fingerprint density at radius 1 is 1.06 bits per heavy atom. The molecular formula is C27H33FN2O4. The van der Waals surface area contributed by atoms with Crippen LogP contribution in [0.25, 0.3) is 0 Å². The van der Waals surface area contributed by atoms with Gasteiger partial charge in [0.15, 0.2) is 11.5 Å². The molecule has 0 radical (unpaired) electrons. The van der Waals surface area contributed by atoms with Gasteiger partial charge in [0.25, 0.3) is 0 Å². The lowest BCUT2D eigenvalue weighted by Crippen LogP contribution is -2.50. The van der Waals surface area contributed by atoms with Crippen LogP contribution in [0.4, 0.5) is 4.39 Å². The molecule has 0 saturated heterocycles. The van der Waals surface area contributed by atoms with Crippen LogP contribution in [0.1, 0.15) is 56.6 Å². The van der Waals surface area contributed by atoms with Crippen LogP contribution in [0.5, 0.6) is 11.5 Å². The molecule has 1 atom stereocenters. The van der Waals surface area contributed by atoms with Crippen molar-refractivity contribution in [2.24, 2.45) is 0 Å². The van der Waals surface area contributed by atoms with Crippen LogP contribution in [0.15, 0.2) is 42.5 Å². The van der Waals surface area contributed by atoms with E-state index >= 15 is 0 Å². The molecule has 0 aromatic heterocycles. The van der Waals surface area contributed by atoms with Crippen molar-refractivity contribution in [2.45, 2.75) is 70.5 Å². The summed E-state index contributed by atoms with van der Waals surface area (Å²) in [5.41, 5.74) is 1.34. The zero-order valence-corrected chi connectivity index (χ0v) is 19.7. The van der Waals surface area contributed by atoms with Crippen molar-refractivity contribution in [3.8, 4) is 11.5 Å². The largest absolute Gasteiger partial charge is 0.486 e. The molecule has 1 N–H and O–H groups in total. The number of nitrogens with one attached hydrogen (secondary N) is 1. The van der Waals surface area contributed by atoms with Gasteiger partial charge < -0.3 is 19.7 Å². The lowest BCUT2D eigenvalue weighted by Gasteiger charge is -2.31. The summed E-state index contributed by atoms with van der Waals surface area (Å²) in [5, 5.41) is 3.11. The van der Waals surface area contributed by atoms with E-state index in [1.807, 2.05) is 18.2 Å². The number of nitrogens with zero attached hydrogens (tertiary/aromatic N) is 1. The third-order valence-electron chi connectivity index (χ3n) is 6.65. The first-order chi connectivity index (χ1) is 16.5. The lowest BCUT2D eigenvalue weighted by molar-refractivity contribution is -0.141.